The zero-order valence-corrected chi connectivity index (χ0v) is 21.6. The van der Waals surface area contributed by atoms with Crippen LogP contribution in [-0.2, 0) is 6.61 Å². The van der Waals surface area contributed by atoms with Gasteiger partial charge in [0.2, 0.25) is 6.54 Å². The lowest BCUT2D eigenvalue weighted by Crippen LogP contribution is -2.12. The predicted molar refractivity (Wildman–Crippen MR) is 136 cm³/mol. The van der Waals surface area contributed by atoms with E-state index < -0.39 is 5.25 Å². The van der Waals surface area contributed by atoms with Crippen molar-refractivity contribution in [3.63, 3.8) is 0 Å². The van der Waals surface area contributed by atoms with Crippen LogP contribution in [0.1, 0.15) is 22.2 Å². The van der Waals surface area contributed by atoms with E-state index in [2.05, 4.69) is 26.1 Å². The minimum Gasteiger partial charge on any atom is -0.489 e. The summed E-state index contributed by atoms with van der Waals surface area (Å²) in [6, 6.07) is 18.5. The molecule has 0 radical (unpaired) electrons. The summed E-state index contributed by atoms with van der Waals surface area (Å²) in [5, 5.41) is 20.6. The van der Waals surface area contributed by atoms with Gasteiger partial charge >= 0.3 is 0 Å². The van der Waals surface area contributed by atoms with Gasteiger partial charge in [-0.1, -0.05) is 51.4 Å². The summed E-state index contributed by atoms with van der Waals surface area (Å²) in [7, 11) is 0. The summed E-state index contributed by atoms with van der Waals surface area (Å²) in [6.45, 7) is 1.63. The molecule has 0 aliphatic rings. The molecule has 0 saturated carbocycles. The van der Waals surface area contributed by atoms with Crippen molar-refractivity contribution in [2.75, 3.05) is 6.54 Å². The van der Waals surface area contributed by atoms with Crippen LogP contribution in [0.5, 0.6) is 5.75 Å². The lowest BCUT2D eigenvalue weighted by atomic mass is 10.1. The minimum absolute atomic E-state index is 0.185. The Morgan fingerprint density at radius 1 is 1.14 bits per heavy atom. The number of nitrogens with zero attached hydrogens (tertiary/aromatic N) is 4. The Balaban J connectivity index is 1.67. The first-order valence-electron chi connectivity index (χ1n) is 10.4. The van der Waals surface area contributed by atoms with Gasteiger partial charge in [0.15, 0.2) is 5.16 Å². The topological polar surface area (TPSA) is 83.1 Å². The monoisotopic (exact) mass is 576 g/mol. The fourth-order valence-corrected chi connectivity index (χ4v) is 5.11. The number of rotatable bonds is 9. The normalized spacial score (nSPS) is 11.9. The zero-order valence-electron chi connectivity index (χ0n) is 18.4. The van der Waals surface area contributed by atoms with E-state index in [0.717, 1.165) is 15.7 Å². The molecule has 4 aromatic rings. The van der Waals surface area contributed by atoms with Crippen LogP contribution in [0.25, 0.3) is 5.69 Å². The highest BCUT2D eigenvalue weighted by Gasteiger charge is 2.27. The summed E-state index contributed by atoms with van der Waals surface area (Å²) < 4.78 is 21.8. The molecule has 1 heterocycles. The Bertz CT molecular complexity index is 1340. The molecule has 4 rings (SSSR count). The highest BCUT2D eigenvalue weighted by Crippen LogP contribution is 2.41. The molecule has 0 aliphatic heterocycles. The summed E-state index contributed by atoms with van der Waals surface area (Å²) >= 11 is 10.7. The number of nitro groups is 1. The molecule has 0 unspecified atom stereocenters. The highest BCUT2D eigenvalue weighted by molar-refractivity contribution is 9.10. The van der Waals surface area contributed by atoms with Gasteiger partial charge in [-0.25, -0.2) is 4.39 Å². The Labute approximate surface area is 218 Å². The maximum atomic E-state index is 13.2. The fourth-order valence-electron chi connectivity index (χ4n) is 3.41. The van der Waals surface area contributed by atoms with Gasteiger partial charge in [0.1, 0.15) is 29.2 Å². The van der Waals surface area contributed by atoms with Crippen molar-refractivity contribution in [3.8, 4) is 11.4 Å². The number of halogens is 3. The highest BCUT2D eigenvalue weighted by atomic mass is 79.9. The molecule has 1 atom stereocenters. The molecule has 0 N–H and O–H groups in total. The van der Waals surface area contributed by atoms with Crippen LogP contribution in [0.3, 0.4) is 0 Å². The fraction of sp³-hybridized carbons (Fsp3) is 0.167. The van der Waals surface area contributed by atoms with Gasteiger partial charge in [-0.05, 0) is 67.1 Å². The summed E-state index contributed by atoms with van der Waals surface area (Å²) in [4.78, 5) is 11.3. The van der Waals surface area contributed by atoms with E-state index in [1.165, 1.54) is 23.9 Å². The lowest BCUT2D eigenvalue weighted by molar-refractivity contribution is -0.479. The number of ether oxygens (including phenoxy) is 1. The van der Waals surface area contributed by atoms with E-state index in [1.54, 1.807) is 42.5 Å². The van der Waals surface area contributed by atoms with Gasteiger partial charge < -0.3 is 4.74 Å². The Morgan fingerprint density at radius 3 is 2.54 bits per heavy atom. The molecule has 7 nitrogen and oxygen atoms in total. The molecule has 35 heavy (non-hydrogen) atoms. The average molecular weight is 578 g/mol. The molecular formula is C24H19BrClFN4O3S. The first kappa shape index (κ1) is 25.2. The predicted octanol–water partition coefficient (Wildman–Crippen LogP) is 6.82. The SMILES string of the molecule is Cc1nnc(S[C@@H](C[N+](=O)[O-])c2cc(Br)ccc2OCc2ccc(F)cc2)n1-c1ccc(Cl)cc1. The minimum atomic E-state index is -0.625. The standard InChI is InChI=1S/C24H19BrClFN4O3S/c1-15-28-29-24(31(15)20-9-5-18(26)6-10-20)35-23(13-30(32)33)21-12-17(25)4-11-22(21)34-14-16-2-7-19(27)8-3-16/h2-12,23H,13-14H2,1H3/t23-/m0/s1. The van der Waals surface area contributed by atoms with Crippen LogP contribution < -0.4 is 4.74 Å². The first-order valence-corrected chi connectivity index (χ1v) is 12.5. The Hall–Kier alpha value is -2.95. The van der Waals surface area contributed by atoms with Crippen LogP contribution in [0.4, 0.5) is 4.39 Å². The molecule has 0 bridgehead atoms. The largest absolute Gasteiger partial charge is 0.489 e. The molecule has 0 amide bonds. The van der Waals surface area contributed by atoms with E-state index in [9.17, 15) is 14.5 Å². The van der Waals surface area contributed by atoms with Gasteiger partial charge in [-0.3, -0.25) is 14.7 Å². The quantitative estimate of drug-likeness (QED) is 0.123. The molecule has 3 aromatic carbocycles. The van der Waals surface area contributed by atoms with Crippen LogP contribution in [0, 0.1) is 22.9 Å². The van der Waals surface area contributed by atoms with Gasteiger partial charge in [0.25, 0.3) is 0 Å². The van der Waals surface area contributed by atoms with Gasteiger partial charge in [-0.2, -0.15) is 0 Å². The van der Waals surface area contributed by atoms with E-state index in [0.29, 0.717) is 27.3 Å². The van der Waals surface area contributed by atoms with Crippen LogP contribution in [0.15, 0.2) is 76.4 Å². The number of aryl methyl sites for hydroxylation is 1. The van der Waals surface area contributed by atoms with Crippen molar-refractivity contribution in [1.82, 2.24) is 14.8 Å². The smallest absolute Gasteiger partial charge is 0.220 e. The lowest BCUT2D eigenvalue weighted by Gasteiger charge is -2.18. The van der Waals surface area contributed by atoms with Crippen LogP contribution in [0.2, 0.25) is 5.02 Å². The third-order valence-electron chi connectivity index (χ3n) is 5.07. The van der Waals surface area contributed by atoms with E-state index in [4.69, 9.17) is 16.3 Å². The number of hydrogen-bond acceptors (Lipinski definition) is 6. The number of aromatic nitrogens is 3. The summed E-state index contributed by atoms with van der Waals surface area (Å²) in [5.41, 5.74) is 2.20. The van der Waals surface area contributed by atoms with Gasteiger partial charge in [-0.15, -0.1) is 10.2 Å². The molecule has 180 valence electrons. The third kappa shape index (κ3) is 6.39. The molecule has 0 fully saturated rings. The Morgan fingerprint density at radius 2 is 1.86 bits per heavy atom. The number of thioether (sulfide) groups is 1. The number of benzene rings is 3. The van der Waals surface area contributed by atoms with Crippen molar-refractivity contribution in [2.45, 2.75) is 23.9 Å². The maximum Gasteiger partial charge on any atom is 0.220 e. The van der Waals surface area contributed by atoms with Crippen molar-refractivity contribution < 1.29 is 14.1 Å². The summed E-state index contributed by atoms with van der Waals surface area (Å²) in [5.74, 6) is 0.795. The average Bonchev–Trinajstić information content (AvgIpc) is 3.19. The molecule has 0 aliphatic carbocycles. The van der Waals surface area contributed by atoms with Crippen LogP contribution in [-0.4, -0.2) is 26.2 Å². The van der Waals surface area contributed by atoms with E-state index in [-0.39, 0.29) is 23.9 Å². The molecule has 1 aromatic heterocycles. The second-order valence-electron chi connectivity index (χ2n) is 7.56. The van der Waals surface area contributed by atoms with Crippen molar-refractivity contribution in [3.05, 3.63) is 109 Å². The second kappa shape index (κ2) is 11.2. The van der Waals surface area contributed by atoms with Crippen molar-refractivity contribution in [1.29, 1.82) is 0 Å². The van der Waals surface area contributed by atoms with E-state index in [1.807, 2.05) is 23.6 Å². The molecule has 0 spiro atoms. The van der Waals surface area contributed by atoms with E-state index >= 15 is 0 Å². The third-order valence-corrected chi connectivity index (χ3v) is 6.98. The van der Waals surface area contributed by atoms with Crippen LogP contribution >= 0.6 is 39.3 Å². The molecule has 0 saturated heterocycles. The number of hydrogen-bond donors (Lipinski definition) is 0. The zero-order chi connectivity index (χ0) is 24.9. The summed E-state index contributed by atoms with van der Waals surface area (Å²) in [6.07, 6.45) is 0. The second-order valence-corrected chi connectivity index (χ2v) is 10.1. The molecular weight excluding hydrogens is 559 g/mol. The first-order chi connectivity index (χ1) is 16.8. The van der Waals surface area contributed by atoms with Crippen molar-refractivity contribution >= 4 is 39.3 Å². The maximum absolute atomic E-state index is 13.2. The van der Waals surface area contributed by atoms with Gasteiger partial charge in [0, 0.05) is 25.7 Å². The van der Waals surface area contributed by atoms with Crippen molar-refractivity contribution in [2.24, 2.45) is 0 Å². The Kier molecular flexibility index (Phi) is 8.04. The molecule has 11 heteroatoms. The van der Waals surface area contributed by atoms with Gasteiger partial charge in [0.05, 0.1) is 0 Å².